The minimum absolute atomic E-state index is 0.493. The monoisotopic (exact) mass is 221 g/mol. The molecule has 0 heterocycles. The molecule has 0 fully saturated rings. The molecule has 2 N–H and O–H groups in total. The van der Waals surface area contributed by atoms with Crippen LogP contribution in [0.5, 0.6) is 0 Å². The van der Waals surface area contributed by atoms with Crippen molar-refractivity contribution in [3.63, 3.8) is 0 Å². The van der Waals surface area contributed by atoms with E-state index in [9.17, 15) is 4.79 Å². The van der Waals surface area contributed by atoms with E-state index in [0.29, 0.717) is 6.42 Å². The Bertz CT molecular complexity index is 374. The molecule has 16 heavy (non-hydrogen) atoms. The zero-order valence-electron chi connectivity index (χ0n) is 10.1. The molecule has 0 aliphatic rings. The lowest BCUT2D eigenvalue weighted by Crippen LogP contribution is -2.28. The molecular formula is C13H19NO2. The van der Waals surface area contributed by atoms with Crippen molar-refractivity contribution in [2.75, 3.05) is 5.32 Å². The van der Waals surface area contributed by atoms with E-state index in [1.54, 1.807) is 0 Å². The first-order valence-electron chi connectivity index (χ1n) is 5.61. The van der Waals surface area contributed by atoms with E-state index in [4.69, 9.17) is 5.11 Å². The molecule has 0 radical (unpaired) electrons. The molecule has 0 aliphatic carbocycles. The lowest BCUT2D eigenvalue weighted by atomic mass is 10.1. The normalized spacial score (nSPS) is 12.2. The van der Waals surface area contributed by atoms with Crippen molar-refractivity contribution in [1.82, 2.24) is 0 Å². The first-order valence-corrected chi connectivity index (χ1v) is 5.61. The Hall–Kier alpha value is -1.51. The second-order valence-electron chi connectivity index (χ2n) is 4.12. The molecule has 1 aromatic rings. The maximum Gasteiger partial charge on any atom is 0.326 e. The van der Waals surface area contributed by atoms with Gasteiger partial charge in [0.15, 0.2) is 0 Å². The molecule has 0 saturated heterocycles. The van der Waals surface area contributed by atoms with Crippen molar-refractivity contribution in [3.8, 4) is 0 Å². The second-order valence-corrected chi connectivity index (χ2v) is 4.12. The molecule has 0 bridgehead atoms. The third kappa shape index (κ3) is 3.26. The van der Waals surface area contributed by atoms with E-state index in [-0.39, 0.29) is 0 Å². The number of carboxylic acids is 1. The van der Waals surface area contributed by atoms with Gasteiger partial charge in [-0.3, -0.25) is 0 Å². The Labute approximate surface area is 96.5 Å². The van der Waals surface area contributed by atoms with Crippen molar-refractivity contribution in [3.05, 3.63) is 29.3 Å². The summed E-state index contributed by atoms with van der Waals surface area (Å²) in [5.41, 5.74) is 3.27. The number of aliphatic carboxylic acids is 1. The standard InChI is InChI=1S/C13H19NO2/c1-4-5-12(13(15)16)14-11-7-6-9(2)10(3)8-11/h6-8,12,14H,4-5H2,1-3H3,(H,15,16). The summed E-state index contributed by atoms with van der Waals surface area (Å²) in [5.74, 6) is -0.792. The number of rotatable bonds is 5. The first-order chi connectivity index (χ1) is 7.54. The van der Waals surface area contributed by atoms with Crippen LogP contribution in [-0.4, -0.2) is 17.1 Å². The maximum absolute atomic E-state index is 11.0. The number of hydrogen-bond donors (Lipinski definition) is 2. The largest absolute Gasteiger partial charge is 0.480 e. The number of carbonyl (C=O) groups is 1. The second kappa shape index (κ2) is 5.54. The molecule has 1 aromatic carbocycles. The van der Waals surface area contributed by atoms with Gasteiger partial charge in [-0.15, -0.1) is 0 Å². The predicted octanol–water partition coefficient (Wildman–Crippen LogP) is 2.97. The zero-order chi connectivity index (χ0) is 12.1. The molecule has 3 nitrogen and oxygen atoms in total. The fraction of sp³-hybridized carbons (Fsp3) is 0.462. The van der Waals surface area contributed by atoms with Gasteiger partial charge < -0.3 is 10.4 Å². The number of hydrogen-bond acceptors (Lipinski definition) is 2. The van der Waals surface area contributed by atoms with Gasteiger partial charge >= 0.3 is 5.97 Å². The Kier molecular flexibility index (Phi) is 4.35. The summed E-state index contributed by atoms with van der Waals surface area (Å²) in [6, 6.07) is 5.42. The van der Waals surface area contributed by atoms with Gasteiger partial charge in [0.2, 0.25) is 0 Å². The quantitative estimate of drug-likeness (QED) is 0.803. The van der Waals surface area contributed by atoms with Crippen LogP contribution in [0.25, 0.3) is 0 Å². The summed E-state index contributed by atoms with van der Waals surface area (Å²) in [6.07, 6.45) is 1.50. The highest BCUT2D eigenvalue weighted by atomic mass is 16.4. The van der Waals surface area contributed by atoms with Gasteiger partial charge in [0.05, 0.1) is 0 Å². The fourth-order valence-corrected chi connectivity index (χ4v) is 1.58. The van der Waals surface area contributed by atoms with E-state index in [1.807, 2.05) is 39.0 Å². The van der Waals surface area contributed by atoms with Crippen molar-refractivity contribution in [2.24, 2.45) is 0 Å². The average Bonchev–Trinajstić information content (AvgIpc) is 2.22. The predicted molar refractivity (Wildman–Crippen MR) is 65.9 cm³/mol. The minimum atomic E-state index is -0.792. The van der Waals surface area contributed by atoms with E-state index < -0.39 is 12.0 Å². The van der Waals surface area contributed by atoms with Crippen molar-refractivity contribution in [2.45, 2.75) is 39.7 Å². The highest BCUT2D eigenvalue weighted by Gasteiger charge is 2.15. The van der Waals surface area contributed by atoms with Gasteiger partial charge in [0.1, 0.15) is 6.04 Å². The molecule has 1 atom stereocenters. The van der Waals surface area contributed by atoms with Gasteiger partial charge in [-0.2, -0.15) is 0 Å². The summed E-state index contributed by atoms with van der Waals surface area (Å²) in [6.45, 7) is 6.05. The molecule has 0 amide bonds. The Morgan fingerprint density at radius 1 is 1.38 bits per heavy atom. The summed E-state index contributed by atoms with van der Waals surface area (Å²) >= 11 is 0. The first kappa shape index (κ1) is 12.6. The Morgan fingerprint density at radius 3 is 2.56 bits per heavy atom. The minimum Gasteiger partial charge on any atom is -0.480 e. The van der Waals surface area contributed by atoms with Crippen LogP contribution in [0.15, 0.2) is 18.2 Å². The summed E-state index contributed by atoms with van der Waals surface area (Å²) in [7, 11) is 0. The number of aryl methyl sites for hydroxylation is 2. The number of anilines is 1. The van der Waals surface area contributed by atoms with Crippen LogP contribution >= 0.6 is 0 Å². The molecule has 0 aliphatic heterocycles. The van der Waals surface area contributed by atoms with Crippen molar-refractivity contribution >= 4 is 11.7 Å². The average molecular weight is 221 g/mol. The SMILES string of the molecule is CCCC(Nc1ccc(C)c(C)c1)C(=O)O. The molecule has 88 valence electrons. The van der Waals surface area contributed by atoms with Gasteiger partial charge in [-0.1, -0.05) is 19.4 Å². The lowest BCUT2D eigenvalue weighted by molar-refractivity contribution is -0.138. The zero-order valence-corrected chi connectivity index (χ0v) is 10.1. The lowest BCUT2D eigenvalue weighted by Gasteiger charge is -2.15. The summed E-state index contributed by atoms with van der Waals surface area (Å²) < 4.78 is 0. The maximum atomic E-state index is 11.0. The van der Waals surface area contributed by atoms with Gasteiger partial charge in [-0.05, 0) is 43.5 Å². The fourth-order valence-electron chi connectivity index (χ4n) is 1.58. The Morgan fingerprint density at radius 2 is 2.06 bits per heavy atom. The van der Waals surface area contributed by atoms with E-state index in [0.717, 1.165) is 12.1 Å². The molecule has 1 rings (SSSR count). The van der Waals surface area contributed by atoms with Crippen LogP contribution in [0.3, 0.4) is 0 Å². The van der Waals surface area contributed by atoms with Crippen molar-refractivity contribution < 1.29 is 9.90 Å². The number of benzene rings is 1. The highest BCUT2D eigenvalue weighted by Crippen LogP contribution is 2.16. The third-order valence-corrected chi connectivity index (χ3v) is 2.72. The molecule has 0 aromatic heterocycles. The summed E-state index contributed by atoms with van der Waals surface area (Å²) in [4.78, 5) is 11.0. The van der Waals surface area contributed by atoms with Crippen LogP contribution in [0, 0.1) is 13.8 Å². The smallest absolute Gasteiger partial charge is 0.326 e. The molecular weight excluding hydrogens is 202 g/mol. The third-order valence-electron chi connectivity index (χ3n) is 2.72. The molecule has 0 saturated carbocycles. The number of nitrogens with one attached hydrogen (secondary N) is 1. The van der Waals surface area contributed by atoms with Gasteiger partial charge in [0.25, 0.3) is 0 Å². The highest BCUT2D eigenvalue weighted by molar-refractivity contribution is 5.77. The summed E-state index contributed by atoms with van der Waals surface area (Å²) in [5, 5.41) is 12.1. The van der Waals surface area contributed by atoms with Gasteiger partial charge in [0, 0.05) is 5.69 Å². The van der Waals surface area contributed by atoms with E-state index in [2.05, 4.69) is 5.32 Å². The van der Waals surface area contributed by atoms with Crippen molar-refractivity contribution in [1.29, 1.82) is 0 Å². The van der Waals surface area contributed by atoms with Crippen LogP contribution in [0.4, 0.5) is 5.69 Å². The van der Waals surface area contributed by atoms with Crippen LogP contribution in [0.1, 0.15) is 30.9 Å². The number of carboxylic acid groups (broad SMARTS) is 1. The van der Waals surface area contributed by atoms with E-state index >= 15 is 0 Å². The van der Waals surface area contributed by atoms with Gasteiger partial charge in [-0.25, -0.2) is 4.79 Å². The molecule has 0 spiro atoms. The molecule has 3 heteroatoms. The Balaban J connectivity index is 2.77. The van der Waals surface area contributed by atoms with Crippen LogP contribution in [-0.2, 0) is 4.79 Å². The topological polar surface area (TPSA) is 49.3 Å². The molecule has 1 unspecified atom stereocenters. The van der Waals surface area contributed by atoms with Crippen LogP contribution < -0.4 is 5.32 Å². The van der Waals surface area contributed by atoms with Crippen LogP contribution in [0.2, 0.25) is 0 Å². The van der Waals surface area contributed by atoms with E-state index in [1.165, 1.54) is 11.1 Å².